The summed E-state index contributed by atoms with van der Waals surface area (Å²) in [5.74, 6) is 0. The lowest BCUT2D eigenvalue weighted by Crippen LogP contribution is -2.10. The van der Waals surface area contributed by atoms with Gasteiger partial charge in [0.25, 0.3) is 0 Å². The molecule has 0 aliphatic carbocycles. The lowest BCUT2D eigenvalue weighted by molar-refractivity contribution is 0.931. The lowest BCUT2D eigenvalue weighted by atomic mass is 10.1. The van der Waals surface area contributed by atoms with Crippen LogP contribution in [0.5, 0.6) is 0 Å². The van der Waals surface area contributed by atoms with Gasteiger partial charge >= 0.3 is 0 Å². The molecule has 3 aromatic carbocycles. The van der Waals surface area contributed by atoms with Crippen LogP contribution < -0.4 is 5.73 Å². The lowest BCUT2D eigenvalue weighted by Gasteiger charge is -2.17. The molecular formula is C19H19NS. The first-order valence-corrected chi connectivity index (χ1v) is 8.07. The summed E-state index contributed by atoms with van der Waals surface area (Å²) in [4.78, 5) is 1.27. The Morgan fingerprint density at radius 3 is 2.38 bits per heavy atom. The van der Waals surface area contributed by atoms with Gasteiger partial charge in [-0.15, -0.1) is 11.8 Å². The Bertz CT molecular complexity index is 751. The van der Waals surface area contributed by atoms with Crippen LogP contribution in [0.2, 0.25) is 0 Å². The molecule has 1 unspecified atom stereocenters. The Kier molecular flexibility index (Phi) is 4.28. The third kappa shape index (κ3) is 3.12. The van der Waals surface area contributed by atoms with Crippen LogP contribution in [0.15, 0.2) is 71.6 Å². The highest BCUT2D eigenvalue weighted by Gasteiger charge is 2.13. The van der Waals surface area contributed by atoms with Gasteiger partial charge in [-0.25, -0.2) is 0 Å². The van der Waals surface area contributed by atoms with E-state index in [-0.39, 0.29) is 0 Å². The van der Waals surface area contributed by atoms with Crippen LogP contribution in [0.4, 0.5) is 0 Å². The second-order valence-corrected chi connectivity index (χ2v) is 6.48. The first-order chi connectivity index (χ1) is 10.3. The van der Waals surface area contributed by atoms with Crippen molar-refractivity contribution in [1.82, 2.24) is 0 Å². The van der Waals surface area contributed by atoms with Gasteiger partial charge in [0.1, 0.15) is 0 Å². The van der Waals surface area contributed by atoms with Crippen LogP contribution in [-0.2, 0) is 0 Å². The van der Waals surface area contributed by atoms with E-state index in [0.717, 1.165) is 0 Å². The van der Waals surface area contributed by atoms with Gasteiger partial charge in [-0.1, -0.05) is 54.6 Å². The maximum Gasteiger partial charge on any atom is 0.0469 e. The van der Waals surface area contributed by atoms with Crippen molar-refractivity contribution < 1.29 is 0 Å². The fraction of sp³-hybridized carbons (Fsp3) is 0.158. The number of hydrogen-bond donors (Lipinski definition) is 1. The van der Waals surface area contributed by atoms with E-state index in [2.05, 4.69) is 73.7 Å². The number of hydrogen-bond acceptors (Lipinski definition) is 2. The molecule has 1 nitrogen and oxygen atoms in total. The Morgan fingerprint density at radius 1 is 0.905 bits per heavy atom. The van der Waals surface area contributed by atoms with Gasteiger partial charge in [0.15, 0.2) is 0 Å². The van der Waals surface area contributed by atoms with Gasteiger partial charge in [-0.3, -0.25) is 0 Å². The minimum atomic E-state index is 0.298. The van der Waals surface area contributed by atoms with Gasteiger partial charge in [0, 0.05) is 16.7 Å². The van der Waals surface area contributed by atoms with Gasteiger partial charge < -0.3 is 5.73 Å². The van der Waals surface area contributed by atoms with E-state index in [1.807, 2.05) is 11.8 Å². The molecule has 21 heavy (non-hydrogen) atoms. The highest BCUT2D eigenvalue weighted by Crippen LogP contribution is 2.36. The summed E-state index contributed by atoms with van der Waals surface area (Å²) in [6, 6.07) is 23.6. The molecule has 0 saturated carbocycles. The number of thioether (sulfide) groups is 1. The zero-order valence-corrected chi connectivity index (χ0v) is 12.9. The molecule has 0 bridgehead atoms. The van der Waals surface area contributed by atoms with E-state index in [1.165, 1.54) is 26.8 Å². The second-order valence-electron chi connectivity index (χ2n) is 5.21. The van der Waals surface area contributed by atoms with Crippen LogP contribution in [0.25, 0.3) is 10.8 Å². The van der Waals surface area contributed by atoms with E-state index in [1.54, 1.807) is 0 Å². The summed E-state index contributed by atoms with van der Waals surface area (Å²) in [6.45, 7) is 2.79. The minimum Gasteiger partial charge on any atom is -0.329 e. The summed E-state index contributed by atoms with van der Waals surface area (Å²) < 4.78 is 0. The first kappa shape index (κ1) is 14.2. The Balaban J connectivity index is 1.90. The summed E-state index contributed by atoms with van der Waals surface area (Å²) in [6.07, 6.45) is 0. The van der Waals surface area contributed by atoms with E-state index in [4.69, 9.17) is 5.73 Å². The topological polar surface area (TPSA) is 26.0 Å². The second kappa shape index (κ2) is 6.33. The smallest absolute Gasteiger partial charge is 0.0469 e. The normalized spacial score (nSPS) is 12.5. The number of rotatable bonds is 4. The molecule has 0 spiro atoms. The largest absolute Gasteiger partial charge is 0.329 e. The molecule has 3 rings (SSSR count). The average Bonchev–Trinajstić information content (AvgIpc) is 2.53. The summed E-state index contributed by atoms with van der Waals surface area (Å²) in [7, 11) is 0. The molecule has 0 heterocycles. The number of fused-ring (bicyclic) bond motifs is 1. The quantitative estimate of drug-likeness (QED) is 0.689. The maximum absolute atomic E-state index is 6.01. The Hall–Kier alpha value is -1.77. The molecule has 0 aliphatic rings. The average molecular weight is 293 g/mol. The highest BCUT2D eigenvalue weighted by atomic mass is 32.2. The minimum absolute atomic E-state index is 0.298. The van der Waals surface area contributed by atoms with E-state index in [9.17, 15) is 0 Å². The van der Waals surface area contributed by atoms with Crippen molar-refractivity contribution >= 4 is 22.5 Å². The molecule has 3 aromatic rings. The predicted octanol–water partition coefficient (Wildman–Crippen LogP) is 4.94. The van der Waals surface area contributed by atoms with Crippen molar-refractivity contribution in [1.29, 1.82) is 0 Å². The Morgan fingerprint density at radius 2 is 1.62 bits per heavy atom. The van der Waals surface area contributed by atoms with Crippen molar-refractivity contribution in [3.8, 4) is 0 Å². The zero-order valence-electron chi connectivity index (χ0n) is 12.1. The number of benzene rings is 3. The summed E-state index contributed by atoms with van der Waals surface area (Å²) in [5, 5.41) is 2.86. The molecule has 0 radical (unpaired) electrons. The van der Waals surface area contributed by atoms with Crippen LogP contribution in [0.3, 0.4) is 0 Å². The van der Waals surface area contributed by atoms with Crippen molar-refractivity contribution in [3.05, 3.63) is 77.9 Å². The van der Waals surface area contributed by atoms with Crippen molar-refractivity contribution in [2.75, 3.05) is 6.54 Å². The maximum atomic E-state index is 6.01. The van der Waals surface area contributed by atoms with Crippen molar-refractivity contribution in [2.45, 2.75) is 17.1 Å². The molecule has 106 valence electrons. The predicted molar refractivity (Wildman–Crippen MR) is 92.8 cm³/mol. The summed E-state index contributed by atoms with van der Waals surface area (Å²) >= 11 is 1.85. The highest BCUT2D eigenvalue weighted by molar-refractivity contribution is 7.99. The van der Waals surface area contributed by atoms with Gasteiger partial charge in [0.05, 0.1) is 0 Å². The molecule has 2 N–H and O–H groups in total. The van der Waals surface area contributed by atoms with Crippen LogP contribution in [0.1, 0.15) is 16.4 Å². The van der Waals surface area contributed by atoms with Gasteiger partial charge in [-0.2, -0.15) is 0 Å². The first-order valence-electron chi connectivity index (χ1n) is 7.19. The van der Waals surface area contributed by atoms with E-state index >= 15 is 0 Å². The molecule has 1 atom stereocenters. The standard InChI is InChI=1S/C19H19NS/c1-14-6-2-5-9-18(14)19(13-20)21-17-11-10-15-7-3-4-8-16(15)12-17/h2-12,19H,13,20H2,1H3. The monoisotopic (exact) mass is 293 g/mol. The molecule has 0 amide bonds. The van der Waals surface area contributed by atoms with Crippen molar-refractivity contribution in [3.63, 3.8) is 0 Å². The fourth-order valence-corrected chi connectivity index (χ4v) is 3.75. The Labute approximate surface area is 130 Å². The SMILES string of the molecule is Cc1ccccc1C(CN)Sc1ccc2ccccc2c1. The summed E-state index contributed by atoms with van der Waals surface area (Å²) in [5.41, 5.74) is 8.65. The molecule has 0 fully saturated rings. The zero-order chi connectivity index (χ0) is 14.7. The molecule has 2 heteroatoms. The van der Waals surface area contributed by atoms with Crippen LogP contribution >= 0.6 is 11.8 Å². The molecule has 0 aromatic heterocycles. The number of nitrogens with two attached hydrogens (primary N) is 1. The van der Waals surface area contributed by atoms with Crippen LogP contribution in [-0.4, -0.2) is 6.54 Å². The van der Waals surface area contributed by atoms with E-state index in [0.29, 0.717) is 11.8 Å². The number of aryl methyl sites for hydroxylation is 1. The van der Waals surface area contributed by atoms with Gasteiger partial charge in [0.2, 0.25) is 0 Å². The van der Waals surface area contributed by atoms with E-state index < -0.39 is 0 Å². The third-order valence-corrected chi connectivity index (χ3v) is 5.01. The van der Waals surface area contributed by atoms with Crippen LogP contribution in [0, 0.1) is 6.92 Å². The molecule has 0 aliphatic heterocycles. The van der Waals surface area contributed by atoms with Gasteiger partial charge in [-0.05, 0) is 41.0 Å². The molecular weight excluding hydrogens is 274 g/mol. The molecule has 0 saturated heterocycles. The van der Waals surface area contributed by atoms with Crippen molar-refractivity contribution in [2.24, 2.45) is 5.73 Å². The fourth-order valence-electron chi connectivity index (χ4n) is 2.59. The third-order valence-electron chi connectivity index (χ3n) is 3.75.